The summed E-state index contributed by atoms with van der Waals surface area (Å²) in [4.78, 5) is 5.21. The summed E-state index contributed by atoms with van der Waals surface area (Å²) in [5.41, 5.74) is 0.377. The van der Waals surface area contributed by atoms with Gasteiger partial charge in [0, 0.05) is 32.7 Å². The van der Waals surface area contributed by atoms with Crippen molar-refractivity contribution in [3.8, 4) is 0 Å². The SMILES string of the molecule is CCCN1CCN(CC(CS)C(C)(C)C)CC1. The second kappa shape index (κ2) is 7.01. The Morgan fingerprint density at radius 1 is 1.06 bits per heavy atom. The quantitative estimate of drug-likeness (QED) is 0.757. The highest BCUT2D eigenvalue weighted by Crippen LogP contribution is 2.27. The van der Waals surface area contributed by atoms with E-state index in [2.05, 4.69) is 50.1 Å². The molecule has 17 heavy (non-hydrogen) atoms. The lowest BCUT2D eigenvalue weighted by Gasteiger charge is -2.39. The molecule has 0 spiro atoms. The average Bonchev–Trinajstić information content (AvgIpc) is 2.27. The number of thiol groups is 1. The highest BCUT2D eigenvalue weighted by atomic mass is 32.1. The summed E-state index contributed by atoms with van der Waals surface area (Å²) in [6.45, 7) is 16.7. The minimum absolute atomic E-state index is 0.377. The topological polar surface area (TPSA) is 6.48 Å². The van der Waals surface area contributed by atoms with Gasteiger partial charge in [-0.05, 0) is 30.1 Å². The number of nitrogens with zero attached hydrogens (tertiary/aromatic N) is 2. The van der Waals surface area contributed by atoms with Crippen molar-refractivity contribution >= 4 is 12.6 Å². The van der Waals surface area contributed by atoms with Crippen LogP contribution in [0.4, 0.5) is 0 Å². The van der Waals surface area contributed by atoms with Crippen LogP contribution in [0.2, 0.25) is 0 Å². The van der Waals surface area contributed by atoms with Crippen LogP contribution in [-0.2, 0) is 0 Å². The number of hydrogen-bond acceptors (Lipinski definition) is 3. The maximum absolute atomic E-state index is 4.52. The minimum Gasteiger partial charge on any atom is -0.301 e. The Hall–Kier alpha value is 0.270. The Balaban J connectivity index is 2.34. The zero-order valence-corrected chi connectivity index (χ0v) is 13.0. The lowest BCUT2D eigenvalue weighted by Crippen LogP contribution is -2.49. The fraction of sp³-hybridized carbons (Fsp3) is 1.00. The molecule has 0 aromatic heterocycles. The molecule has 1 aliphatic heterocycles. The molecule has 0 N–H and O–H groups in total. The lowest BCUT2D eigenvalue weighted by molar-refractivity contribution is 0.0972. The zero-order valence-electron chi connectivity index (χ0n) is 12.1. The van der Waals surface area contributed by atoms with Gasteiger partial charge < -0.3 is 9.80 Å². The lowest BCUT2D eigenvalue weighted by atomic mass is 9.81. The Bertz CT molecular complexity index is 205. The van der Waals surface area contributed by atoms with E-state index in [0.29, 0.717) is 11.3 Å². The van der Waals surface area contributed by atoms with E-state index < -0.39 is 0 Å². The predicted octanol–water partition coefficient (Wildman–Crippen LogP) is 2.61. The standard InChI is InChI=1S/C14H30N2S/c1-5-6-15-7-9-16(10-8-15)11-13(12-17)14(2,3)4/h13,17H,5-12H2,1-4H3. The second-order valence-corrected chi connectivity index (χ2v) is 6.75. The number of hydrogen-bond donors (Lipinski definition) is 1. The molecule has 1 aliphatic rings. The fourth-order valence-electron chi connectivity index (χ4n) is 2.43. The van der Waals surface area contributed by atoms with Crippen LogP contribution in [0.5, 0.6) is 0 Å². The van der Waals surface area contributed by atoms with Gasteiger partial charge in [0.25, 0.3) is 0 Å². The van der Waals surface area contributed by atoms with Gasteiger partial charge in [-0.15, -0.1) is 0 Å². The molecule has 1 heterocycles. The molecule has 102 valence electrons. The molecule has 2 nitrogen and oxygen atoms in total. The first-order valence-electron chi connectivity index (χ1n) is 7.03. The van der Waals surface area contributed by atoms with Crippen LogP contribution in [0.1, 0.15) is 34.1 Å². The monoisotopic (exact) mass is 258 g/mol. The van der Waals surface area contributed by atoms with Crippen LogP contribution in [0.15, 0.2) is 0 Å². The van der Waals surface area contributed by atoms with E-state index in [1.807, 2.05) is 0 Å². The molecule has 1 rings (SSSR count). The Labute approximate surface area is 113 Å². The van der Waals surface area contributed by atoms with E-state index in [1.165, 1.54) is 45.7 Å². The third-order valence-corrected chi connectivity index (χ3v) is 4.37. The Morgan fingerprint density at radius 3 is 2.00 bits per heavy atom. The highest BCUT2D eigenvalue weighted by molar-refractivity contribution is 7.80. The first kappa shape index (κ1) is 15.3. The van der Waals surface area contributed by atoms with Gasteiger partial charge in [-0.25, -0.2) is 0 Å². The van der Waals surface area contributed by atoms with Gasteiger partial charge >= 0.3 is 0 Å². The fourth-order valence-corrected chi connectivity index (χ4v) is 3.09. The third-order valence-electron chi connectivity index (χ3n) is 3.93. The molecule has 0 aromatic rings. The van der Waals surface area contributed by atoms with Crippen molar-refractivity contribution in [2.75, 3.05) is 45.0 Å². The molecular formula is C14H30N2S. The van der Waals surface area contributed by atoms with Gasteiger partial charge in [0.15, 0.2) is 0 Å². The number of rotatable bonds is 5. The maximum atomic E-state index is 4.52. The van der Waals surface area contributed by atoms with Gasteiger partial charge in [0.2, 0.25) is 0 Å². The summed E-state index contributed by atoms with van der Waals surface area (Å²) in [7, 11) is 0. The Kier molecular flexibility index (Phi) is 6.32. The minimum atomic E-state index is 0.377. The summed E-state index contributed by atoms with van der Waals surface area (Å²) in [6, 6.07) is 0. The predicted molar refractivity (Wildman–Crippen MR) is 80.0 cm³/mol. The third kappa shape index (κ3) is 5.19. The van der Waals surface area contributed by atoms with E-state index in [0.717, 1.165) is 5.75 Å². The molecule has 3 heteroatoms. The first-order valence-corrected chi connectivity index (χ1v) is 7.66. The van der Waals surface area contributed by atoms with E-state index in [-0.39, 0.29) is 0 Å². The zero-order chi connectivity index (χ0) is 12.9. The number of piperazine rings is 1. The summed E-state index contributed by atoms with van der Waals surface area (Å²) in [6.07, 6.45) is 1.28. The van der Waals surface area contributed by atoms with Gasteiger partial charge in [-0.1, -0.05) is 27.7 Å². The molecule has 1 unspecified atom stereocenters. The van der Waals surface area contributed by atoms with Crippen molar-refractivity contribution in [2.24, 2.45) is 11.3 Å². The summed E-state index contributed by atoms with van der Waals surface area (Å²) < 4.78 is 0. The molecule has 0 radical (unpaired) electrons. The smallest absolute Gasteiger partial charge is 0.0110 e. The van der Waals surface area contributed by atoms with Gasteiger partial charge in [-0.2, -0.15) is 12.6 Å². The van der Waals surface area contributed by atoms with E-state index in [1.54, 1.807) is 0 Å². The largest absolute Gasteiger partial charge is 0.301 e. The van der Waals surface area contributed by atoms with Crippen LogP contribution in [0.25, 0.3) is 0 Å². The first-order chi connectivity index (χ1) is 7.97. The molecule has 1 saturated heterocycles. The summed E-state index contributed by atoms with van der Waals surface area (Å²) in [5, 5.41) is 0. The molecule has 0 aromatic carbocycles. The molecule has 1 atom stereocenters. The van der Waals surface area contributed by atoms with E-state index in [9.17, 15) is 0 Å². The van der Waals surface area contributed by atoms with Crippen molar-refractivity contribution in [1.29, 1.82) is 0 Å². The van der Waals surface area contributed by atoms with Crippen LogP contribution >= 0.6 is 12.6 Å². The molecule has 0 amide bonds. The van der Waals surface area contributed by atoms with Crippen LogP contribution in [0.3, 0.4) is 0 Å². The molecular weight excluding hydrogens is 228 g/mol. The van der Waals surface area contributed by atoms with Gasteiger partial charge in [-0.3, -0.25) is 0 Å². The van der Waals surface area contributed by atoms with Crippen molar-refractivity contribution in [2.45, 2.75) is 34.1 Å². The summed E-state index contributed by atoms with van der Waals surface area (Å²) >= 11 is 4.52. The van der Waals surface area contributed by atoms with Gasteiger partial charge in [0.05, 0.1) is 0 Å². The average molecular weight is 258 g/mol. The van der Waals surface area contributed by atoms with Crippen LogP contribution in [0, 0.1) is 11.3 Å². The van der Waals surface area contributed by atoms with Crippen LogP contribution < -0.4 is 0 Å². The molecule has 0 saturated carbocycles. The molecule has 1 fully saturated rings. The second-order valence-electron chi connectivity index (χ2n) is 6.39. The molecule has 0 bridgehead atoms. The van der Waals surface area contributed by atoms with Crippen molar-refractivity contribution in [1.82, 2.24) is 9.80 Å². The van der Waals surface area contributed by atoms with Crippen molar-refractivity contribution in [3.05, 3.63) is 0 Å². The Morgan fingerprint density at radius 2 is 1.59 bits per heavy atom. The van der Waals surface area contributed by atoms with E-state index in [4.69, 9.17) is 0 Å². The van der Waals surface area contributed by atoms with Crippen molar-refractivity contribution in [3.63, 3.8) is 0 Å². The van der Waals surface area contributed by atoms with Crippen LogP contribution in [-0.4, -0.2) is 54.8 Å². The normalized spacial score (nSPS) is 21.7. The maximum Gasteiger partial charge on any atom is 0.0110 e. The van der Waals surface area contributed by atoms with Gasteiger partial charge in [0.1, 0.15) is 0 Å². The summed E-state index contributed by atoms with van der Waals surface area (Å²) in [5.74, 6) is 1.70. The highest BCUT2D eigenvalue weighted by Gasteiger charge is 2.26. The van der Waals surface area contributed by atoms with E-state index >= 15 is 0 Å². The van der Waals surface area contributed by atoms with Crippen molar-refractivity contribution < 1.29 is 0 Å². The molecule has 0 aliphatic carbocycles.